The molecule has 0 bridgehead atoms. The van der Waals surface area contributed by atoms with Crippen LogP contribution in [0.4, 0.5) is 0 Å². The van der Waals surface area contributed by atoms with Crippen LogP contribution in [0.2, 0.25) is 10.0 Å². The van der Waals surface area contributed by atoms with Crippen molar-refractivity contribution >= 4 is 40.1 Å². The lowest BCUT2D eigenvalue weighted by atomic mass is 10.1. The van der Waals surface area contributed by atoms with Crippen LogP contribution in [0.3, 0.4) is 0 Å². The van der Waals surface area contributed by atoms with Gasteiger partial charge >= 0.3 is 5.97 Å². The van der Waals surface area contributed by atoms with E-state index in [1.165, 1.54) is 6.20 Å². The van der Waals surface area contributed by atoms with Gasteiger partial charge in [-0.25, -0.2) is 4.79 Å². The highest BCUT2D eigenvalue weighted by Gasteiger charge is 2.17. The van der Waals surface area contributed by atoms with Gasteiger partial charge in [-0.2, -0.15) is 0 Å². The number of halogens is 2. The van der Waals surface area contributed by atoms with Crippen molar-refractivity contribution in [1.29, 1.82) is 0 Å². The number of fused-ring (bicyclic) bond motifs is 1. The Bertz CT molecular complexity index is 617. The zero-order valence-corrected chi connectivity index (χ0v) is 11.8. The molecule has 6 heteroatoms. The first-order chi connectivity index (χ1) is 9.13. The first-order valence-electron chi connectivity index (χ1n) is 5.69. The molecule has 0 saturated heterocycles. The minimum absolute atomic E-state index is 0.270. The Balaban J connectivity index is 2.40. The molecule has 1 N–H and O–H groups in total. The lowest BCUT2D eigenvalue weighted by Gasteiger charge is -2.08. The number of ether oxygens (including phenoxy) is 1. The number of pyridine rings is 1. The van der Waals surface area contributed by atoms with Crippen molar-refractivity contribution < 1.29 is 9.53 Å². The summed E-state index contributed by atoms with van der Waals surface area (Å²) in [6.45, 7) is 0.850. The van der Waals surface area contributed by atoms with E-state index in [0.29, 0.717) is 22.1 Å². The van der Waals surface area contributed by atoms with Crippen LogP contribution in [0, 0.1) is 0 Å². The van der Waals surface area contributed by atoms with E-state index in [-0.39, 0.29) is 12.2 Å². The fraction of sp³-hybridized carbons (Fsp3) is 0.231. The molecule has 0 atom stereocenters. The van der Waals surface area contributed by atoms with E-state index in [2.05, 4.69) is 10.3 Å². The van der Waals surface area contributed by atoms with Crippen LogP contribution in [0.1, 0.15) is 10.4 Å². The number of carbonyl (C=O) groups excluding carboxylic acids is 1. The predicted molar refractivity (Wildman–Crippen MR) is 76.0 cm³/mol. The Labute approximate surface area is 120 Å². The molecule has 2 rings (SSSR count). The fourth-order valence-corrected chi connectivity index (χ4v) is 2.06. The molecule has 4 nitrogen and oxygen atoms in total. The summed E-state index contributed by atoms with van der Waals surface area (Å²) in [7, 11) is 1.78. The van der Waals surface area contributed by atoms with Crippen LogP contribution in [-0.4, -0.2) is 31.2 Å². The third kappa shape index (κ3) is 3.15. The van der Waals surface area contributed by atoms with Crippen molar-refractivity contribution in [2.45, 2.75) is 0 Å². The van der Waals surface area contributed by atoms with Crippen molar-refractivity contribution in [1.82, 2.24) is 10.3 Å². The van der Waals surface area contributed by atoms with Gasteiger partial charge in [0, 0.05) is 18.1 Å². The summed E-state index contributed by atoms with van der Waals surface area (Å²) < 4.78 is 5.13. The molecule has 0 aliphatic rings. The predicted octanol–water partition coefficient (Wildman–Crippen LogP) is 2.92. The highest BCUT2D eigenvalue weighted by molar-refractivity contribution is 6.35. The van der Waals surface area contributed by atoms with Crippen LogP contribution in [-0.2, 0) is 4.74 Å². The van der Waals surface area contributed by atoms with Gasteiger partial charge in [0.05, 0.1) is 15.6 Å². The summed E-state index contributed by atoms with van der Waals surface area (Å²) in [5, 5.41) is 4.46. The molecule has 0 amide bonds. The average molecular weight is 299 g/mol. The summed E-state index contributed by atoms with van der Waals surface area (Å²) in [6.07, 6.45) is 1.48. The molecule has 1 aromatic heterocycles. The van der Waals surface area contributed by atoms with Crippen LogP contribution < -0.4 is 5.32 Å². The van der Waals surface area contributed by atoms with Gasteiger partial charge in [-0.3, -0.25) is 4.98 Å². The largest absolute Gasteiger partial charge is 0.461 e. The maximum absolute atomic E-state index is 12.0. The summed E-state index contributed by atoms with van der Waals surface area (Å²) in [5.74, 6) is -0.485. The fourth-order valence-electron chi connectivity index (χ4n) is 1.66. The van der Waals surface area contributed by atoms with Crippen molar-refractivity contribution in [3.05, 3.63) is 40.0 Å². The number of hydrogen-bond acceptors (Lipinski definition) is 4. The molecule has 1 heterocycles. The summed E-state index contributed by atoms with van der Waals surface area (Å²) >= 11 is 11.9. The Morgan fingerprint density at radius 3 is 2.95 bits per heavy atom. The molecular weight excluding hydrogens is 287 g/mol. The molecule has 1 aromatic carbocycles. The molecular formula is C13H12Cl2N2O2. The second-order valence-corrected chi connectivity index (χ2v) is 4.73. The van der Waals surface area contributed by atoms with Crippen molar-refractivity contribution in [3.8, 4) is 0 Å². The number of nitrogens with one attached hydrogen (secondary N) is 1. The Morgan fingerprint density at radius 1 is 1.42 bits per heavy atom. The SMILES string of the molecule is CNCCOC(=O)c1c(Cl)ccc2cc(Cl)cnc12. The molecule has 2 aromatic rings. The number of benzene rings is 1. The Kier molecular flexibility index (Phi) is 4.58. The zero-order chi connectivity index (χ0) is 13.8. The number of rotatable bonds is 4. The van der Waals surface area contributed by atoms with Gasteiger partial charge < -0.3 is 10.1 Å². The van der Waals surface area contributed by atoms with Gasteiger partial charge in [-0.1, -0.05) is 29.3 Å². The molecule has 0 radical (unpaired) electrons. The molecule has 0 fully saturated rings. The molecule has 0 aliphatic carbocycles. The van der Waals surface area contributed by atoms with E-state index in [0.717, 1.165) is 5.39 Å². The molecule has 0 saturated carbocycles. The second kappa shape index (κ2) is 6.19. The third-order valence-electron chi connectivity index (χ3n) is 2.56. The van der Waals surface area contributed by atoms with Gasteiger partial charge in [-0.15, -0.1) is 0 Å². The second-order valence-electron chi connectivity index (χ2n) is 3.89. The number of aromatic nitrogens is 1. The standard InChI is InChI=1S/C13H12Cl2N2O2/c1-16-4-5-19-13(18)11-10(15)3-2-8-6-9(14)7-17-12(8)11/h2-3,6-7,16H,4-5H2,1H3. The number of carbonyl (C=O) groups is 1. The van der Waals surface area contributed by atoms with Crippen molar-refractivity contribution in [2.24, 2.45) is 0 Å². The van der Waals surface area contributed by atoms with E-state index in [9.17, 15) is 4.79 Å². The molecule has 0 unspecified atom stereocenters. The van der Waals surface area contributed by atoms with E-state index in [4.69, 9.17) is 27.9 Å². The van der Waals surface area contributed by atoms with E-state index >= 15 is 0 Å². The van der Waals surface area contributed by atoms with Gasteiger partial charge in [0.25, 0.3) is 0 Å². The van der Waals surface area contributed by atoms with Gasteiger partial charge in [0.15, 0.2) is 0 Å². The minimum Gasteiger partial charge on any atom is -0.461 e. The van der Waals surface area contributed by atoms with Crippen molar-refractivity contribution in [3.63, 3.8) is 0 Å². The highest BCUT2D eigenvalue weighted by atomic mass is 35.5. The molecule has 0 aliphatic heterocycles. The normalized spacial score (nSPS) is 10.7. The summed E-state index contributed by atoms with van der Waals surface area (Å²) in [6, 6.07) is 5.13. The monoisotopic (exact) mass is 298 g/mol. The Hall–Kier alpha value is -1.36. The third-order valence-corrected chi connectivity index (χ3v) is 3.08. The quantitative estimate of drug-likeness (QED) is 0.696. The number of esters is 1. The molecule has 0 spiro atoms. The zero-order valence-electron chi connectivity index (χ0n) is 10.2. The lowest BCUT2D eigenvalue weighted by Crippen LogP contribution is -2.17. The maximum Gasteiger partial charge on any atom is 0.341 e. The molecule has 100 valence electrons. The van der Waals surface area contributed by atoms with Crippen LogP contribution in [0.15, 0.2) is 24.4 Å². The average Bonchev–Trinajstić information content (AvgIpc) is 2.39. The van der Waals surface area contributed by atoms with E-state index in [1.54, 1.807) is 25.2 Å². The summed E-state index contributed by atoms with van der Waals surface area (Å²) in [5.41, 5.74) is 0.762. The highest BCUT2D eigenvalue weighted by Crippen LogP contribution is 2.27. The van der Waals surface area contributed by atoms with E-state index in [1.807, 2.05) is 0 Å². The topological polar surface area (TPSA) is 51.2 Å². The summed E-state index contributed by atoms with van der Waals surface area (Å²) in [4.78, 5) is 16.2. The number of nitrogens with zero attached hydrogens (tertiary/aromatic N) is 1. The van der Waals surface area contributed by atoms with Crippen LogP contribution in [0.25, 0.3) is 10.9 Å². The van der Waals surface area contributed by atoms with Crippen LogP contribution >= 0.6 is 23.2 Å². The number of likely N-dealkylation sites (N-methyl/N-ethyl adjacent to an activating group) is 1. The smallest absolute Gasteiger partial charge is 0.341 e. The number of hydrogen-bond donors (Lipinski definition) is 1. The van der Waals surface area contributed by atoms with Crippen molar-refractivity contribution in [2.75, 3.05) is 20.2 Å². The van der Waals surface area contributed by atoms with Crippen LogP contribution in [0.5, 0.6) is 0 Å². The maximum atomic E-state index is 12.0. The van der Waals surface area contributed by atoms with Gasteiger partial charge in [0.1, 0.15) is 12.2 Å². The molecule has 19 heavy (non-hydrogen) atoms. The first kappa shape index (κ1) is 14.1. The Morgan fingerprint density at radius 2 is 2.21 bits per heavy atom. The van der Waals surface area contributed by atoms with E-state index < -0.39 is 5.97 Å². The van der Waals surface area contributed by atoms with Gasteiger partial charge in [0.2, 0.25) is 0 Å². The van der Waals surface area contributed by atoms with Gasteiger partial charge in [-0.05, 0) is 19.2 Å². The lowest BCUT2D eigenvalue weighted by molar-refractivity contribution is 0.0513. The minimum atomic E-state index is -0.485. The first-order valence-corrected chi connectivity index (χ1v) is 6.44.